The van der Waals surface area contributed by atoms with Gasteiger partial charge in [0.1, 0.15) is 0 Å². The Hall–Kier alpha value is 1.07. The van der Waals surface area contributed by atoms with Crippen LogP contribution in [-0.2, 0) is 13.8 Å². The summed E-state index contributed by atoms with van der Waals surface area (Å²) in [6.45, 7) is 3.06. The van der Waals surface area contributed by atoms with Gasteiger partial charge in [0.2, 0.25) is 0 Å². The van der Waals surface area contributed by atoms with Crippen LogP contribution in [0.2, 0.25) is 0 Å². The second kappa shape index (κ2) is 17.4. The molecule has 0 amide bonds. The van der Waals surface area contributed by atoms with Crippen molar-refractivity contribution in [2.45, 2.75) is 71.1 Å². The van der Waals surface area contributed by atoms with Crippen molar-refractivity contribution >= 4 is 7.82 Å². The van der Waals surface area contributed by atoms with Crippen LogP contribution in [0.15, 0.2) is 0 Å². The van der Waals surface area contributed by atoms with E-state index in [4.69, 9.17) is 14.5 Å². The van der Waals surface area contributed by atoms with E-state index in [2.05, 4.69) is 11.4 Å². The topological polar surface area (TPSA) is 76.0 Å². The zero-order valence-electron chi connectivity index (χ0n) is 14.8. The predicted molar refractivity (Wildman–Crippen MR) is 81.8 cm³/mol. The molecule has 0 radical (unpaired) electrons. The third kappa shape index (κ3) is 23.5. The number of ether oxygens (including phenoxy) is 1. The van der Waals surface area contributed by atoms with Crippen molar-refractivity contribution in [2.24, 2.45) is 0 Å². The van der Waals surface area contributed by atoms with E-state index in [0.29, 0.717) is 6.61 Å². The molecule has 0 aromatic carbocycles. The molecule has 2 N–H and O–H groups in total. The van der Waals surface area contributed by atoms with Crippen molar-refractivity contribution in [1.29, 1.82) is 0 Å². The zero-order chi connectivity index (χ0) is 15.1. The van der Waals surface area contributed by atoms with E-state index in [0.717, 1.165) is 12.8 Å². The summed E-state index contributed by atoms with van der Waals surface area (Å²) in [6.07, 6.45) is 12.8. The molecular formula is C14H32NaO5P. The molecule has 0 saturated heterocycles. The fourth-order valence-corrected chi connectivity index (χ4v) is 2.32. The van der Waals surface area contributed by atoms with Crippen LogP contribution in [0.5, 0.6) is 0 Å². The molecule has 0 aliphatic heterocycles. The molecule has 0 atom stereocenters. The van der Waals surface area contributed by atoms with Crippen molar-refractivity contribution in [3.05, 3.63) is 0 Å². The number of unbranched alkanes of at least 4 members (excludes halogenated alkanes) is 9. The summed E-state index contributed by atoms with van der Waals surface area (Å²) < 4.78 is 19.9. The Balaban J connectivity index is -0.00000180. The number of phosphoric ester groups is 1. The fraction of sp³-hybridized carbons (Fsp3) is 1.00. The molecule has 0 heterocycles. The van der Waals surface area contributed by atoms with Gasteiger partial charge in [-0.25, -0.2) is 4.57 Å². The first-order chi connectivity index (χ1) is 9.56. The van der Waals surface area contributed by atoms with Crippen molar-refractivity contribution in [3.8, 4) is 0 Å². The molecule has 5 nitrogen and oxygen atoms in total. The van der Waals surface area contributed by atoms with Crippen LogP contribution >= 0.6 is 7.82 Å². The average Bonchev–Trinajstić information content (AvgIpc) is 2.38. The quantitative estimate of drug-likeness (QED) is 0.267. The number of rotatable bonds is 15. The van der Waals surface area contributed by atoms with Crippen molar-refractivity contribution in [3.63, 3.8) is 0 Å². The molecule has 7 heteroatoms. The first-order valence-corrected chi connectivity index (χ1v) is 9.37. The van der Waals surface area contributed by atoms with Crippen molar-refractivity contribution in [2.75, 3.05) is 19.8 Å². The van der Waals surface area contributed by atoms with Gasteiger partial charge >= 0.3 is 37.4 Å². The largest absolute Gasteiger partial charge is 1.00 e. The summed E-state index contributed by atoms with van der Waals surface area (Å²) in [4.78, 5) is 16.9. The molecule has 0 aliphatic rings. The third-order valence-electron chi connectivity index (χ3n) is 3.13. The maximum atomic E-state index is 10.4. The number of hydrogen-bond acceptors (Lipinski definition) is 3. The predicted octanol–water partition coefficient (Wildman–Crippen LogP) is 1.15. The van der Waals surface area contributed by atoms with Crippen LogP contribution in [0.4, 0.5) is 0 Å². The molecule has 0 fully saturated rings. The minimum atomic E-state index is -4.33. The molecule has 0 aliphatic carbocycles. The van der Waals surface area contributed by atoms with Gasteiger partial charge in [-0.1, -0.05) is 64.7 Å². The number of phosphoric acid groups is 1. The standard InChI is InChI=1S/C14H31O5P.Na.H/c1-2-3-4-5-6-7-8-9-10-11-12-18-13-14-19-20(15,16)17;;/h2-14H2,1H3,(H2,15,16,17);;/q;+1;-1. The van der Waals surface area contributed by atoms with Gasteiger partial charge in [0, 0.05) is 6.61 Å². The van der Waals surface area contributed by atoms with Crippen LogP contribution in [0.25, 0.3) is 0 Å². The SMILES string of the molecule is CCCCCCCCCCCCOCCOP(=O)(O)O.[H-].[Na+]. The Labute approximate surface area is 153 Å². The molecule has 21 heavy (non-hydrogen) atoms. The van der Waals surface area contributed by atoms with E-state index in [1.54, 1.807) is 0 Å². The monoisotopic (exact) mass is 334 g/mol. The average molecular weight is 334 g/mol. The normalized spacial score (nSPS) is 11.4. The minimum absolute atomic E-state index is 0. The summed E-state index contributed by atoms with van der Waals surface area (Å²) in [5.41, 5.74) is 0. The van der Waals surface area contributed by atoms with Gasteiger partial charge in [-0.3, -0.25) is 4.52 Å². The molecule has 0 saturated carbocycles. The summed E-state index contributed by atoms with van der Waals surface area (Å²) >= 11 is 0. The maximum Gasteiger partial charge on any atom is 1.00 e. The first kappa shape index (κ1) is 24.3. The maximum absolute atomic E-state index is 10.4. The Morgan fingerprint density at radius 3 is 1.76 bits per heavy atom. The smallest absolute Gasteiger partial charge is 1.00 e. The molecule has 0 spiro atoms. The van der Waals surface area contributed by atoms with Gasteiger partial charge in [-0.15, -0.1) is 0 Å². The Bertz CT molecular complexity index is 253. The second-order valence-corrected chi connectivity index (χ2v) is 6.36. The van der Waals surface area contributed by atoms with Crippen molar-refractivity contribution < 1.29 is 54.6 Å². The molecule has 0 unspecified atom stereocenters. The molecule has 0 aromatic rings. The van der Waals surface area contributed by atoms with E-state index in [-0.39, 0.29) is 44.2 Å². The van der Waals surface area contributed by atoms with Gasteiger partial charge in [0.15, 0.2) is 0 Å². The van der Waals surface area contributed by atoms with Gasteiger partial charge in [0.05, 0.1) is 13.2 Å². The summed E-state index contributed by atoms with van der Waals surface area (Å²) in [6, 6.07) is 0. The van der Waals surface area contributed by atoms with Gasteiger partial charge < -0.3 is 16.0 Å². The van der Waals surface area contributed by atoms with E-state index in [1.807, 2.05) is 0 Å². The summed E-state index contributed by atoms with van der Waals surface area (Å²) in [7, 11) is -4.33. The Kier molecular flexibility index (Phi) is 20.2. The van der Waals surface area contributed by atoms with E-state index < -0.39 is 7.82 Å². The van der Waals surface area contributed by atoms with E-state index in [9.17, 15) is 4.57 Å². The third-order valence-corrected chi connectivity index (χ3v) is 3.65. The summed E-state index contributed by atoms with van der Waals surface area (Å²) in [5, 5.41) is 0. The van der Waals surface area contributed by atoms with E-state index >= 15 is 0 Å². The molecule has 0 aromatic heterocycles. The molecule has 124 valence electrons. The van der Waals surface area contributed by atoms with Crippen LogP contribution in [0.3, 0.4) is 0 Å². The Morgan fingerprint density at radius 2 is 1.29 bits per heavy atom. The van der Waals surface area contributed by atoms with Crippen LogP contribution in [0, 0.1) is 0 Å². The summed E-state index contributed by atoms with van der Waals surface area (Å²) in [5.74, 6) is 0. The van der Waals surface area contributed by atoms with Crippen LogP contribution < -0.4 is 29.6 Å². The minimum Gasteiger partial charge on any atom is -1.00 e. The molecule has 0 rings (SSSR count). The zero-order valence-corrected chi connectivity index (χ0v) is 16.7. The van der Waals surface area contributed by atoms with Gasteiger partial charge in [-0.2, -0.15) is 0 Å². The van der Waals surface area contributed by atoms with Crippen molar-refractivity contribution in [1.82, 2.24) is 0 Å². The fourth-order valence-electron chi connectivity index (χ4n) is 2.01. The molecule has 0 bridgehead atoms. The molecular weight excluding hydrogens is 302 g/mol. The Morgan fingerprint density at radius 1 is 0.810 bits per heavy atom. The van der Waals surface area contributed by atoms with Crippen LogP contribution in [0.1, 0.15) is 72.6 Å². The van der Waals surface area contributed by atoms with Crippen LogP contribution in [-0.4, -0.2) is 29.6 Å². The second-order valence-electron chi connectivity index (χ2n) is 5.12. The van der Waals surface area contributed by atoms with Gasteiger partial charge in [0.25, 0.3) is 0 Å². The van der Waals surface area contributed by atoms with E-state index in [1.165, 1.54) is 51.4 Å². The first-order valence-electron chi connectivity index (χ1n) is 7.84. The van der Waals surface area contributed by atoms with Gasteiger partial charge in [-0.05, 0) is 6.42 Å². The number of hydrogen-bond donors (Lipinski definition) is 2.